The van der Waals surface area contributed by atoms with Crippen molar-refractivity contribution < 1.29 is 27.9 Å². The van der Waals surface area contributed by atoms with Crippen molar-refractivity contribution in [1.29, 1.82) is 0 Å². The summed E-state index contributed by atoms with van der Waals surface area (Å²) in [5.41, 5.74) is 4.00. The van der Waals surface area contributed by atoms with Crippen LogP contribution in [-0.2, 0) is 11.3 Å². The molecule has 1 N–H and O–H groups in total. The number of likely N-dealkylation sites (tertiary alicyclic amines) is 1. The monoisotopic (exact) mass is 556 g/mol. The number of amides is 1. The summed E-state index contributed by atoms with van der Waals surface area (Å²) in [7, 11) is 4.24. The van der Waals surface area contributed by atoms with Crippen molar-refractivity contribution in [2.24, 2.45) is 5.92 Å². The summed E-state index contributed by atoms with van der Waals surface area (Å²) in [4.78, 5) is 36.1. The van der Waals surface area contributed by atoms with Gasteiger partial charge in [0, 0.05) is 43.5 Å². The van der Waals surface area contributed by atoms with E-state index in [4.69, 9.17) is 9.90 Å². The number of alkyl halides is 3. The topological polar surface area (TPSA) is 96.5 Å². The molecule has 1 aromatic carbocycles. The van der Waals surface area contributed by atoms with Gasteiger partial charge in [-0.2, -0.15) is 13.2 Å². The Bertz CT molecular complexity index is 1520. The zero-order valence-electron chi connectivity index (χ0n) is 22.3. The standard InChI is InChI=1S/C26H30N6O.C2HF3O2/c1-29(2)19-10-14-30(15-11-19)25(33)23-16-22-24(32(23)26-27-12-5-13-28-26)20-6-3-4-7-21(20)31(22)17-18-8-9-18;3-2(4,5)1(6)7/h3-7,12-13,16,18-19H,8-11,14-15,17H2,1-2H3;(H,6,7). The molecule has 1 saturated heterocycles. The highest BCUT2D eigenvalue weighted by molar-refractivity contribution is 6.11. The summed E-state index contributed by atoms with van der Waals surface area (Å²) in [5.74, 6) is -1.41. The average Bonchev–Trinajstić information content (AvgIpc) is 3.61. The van der Waals surface area contributed by atoms with Crippen LogP contribution in [0.5, 0.6) is 0 Å². The van der Waals surface area contributed by atoms with Crippen molar-refractivity contribution in [2.75, 3.05) is 27.2 Å². The minimum Gasteiger partial charge on any atom is -0.475 e. The lowest BCUT2D eigenvalue weighted by Crippen LogP contribution is -2.44. The fourth-order valence-electron chi connectivity index (χ4n) is 5.28. The summed E-state index contributed by atoms with van der Waals surface area (Å²) in [6, 6.07) is 12.9. The number of aliphatic carboxylic acids is 1. The molecule has 1 saturated carbocycles. The number of nitrogens with zero attached hydrogens (tertiary/aromatic N) is 6. The first kappa shape index (κ1) is 27.6. The smallest absolute Gasteiger partial charge is 0.475 e. The van der Waals surface area contributed by atoms with Crippen LogP contribution in [0, 0.1) is 5.92 Å². The van der Waals surface area contributed by atoms with E-state index in [1.165, 1.54) is 18.4 Å². The van der Waals surface area contributed by atoms with E-state index in [-0.39, 0.29) is 5.91 Å². The maximum atomic E-state index is 13.8. The van der Waals surface area contributed by atoms with Crippen LogP contribution >= 0.6 is 0 Å². The van der Waals surface area contributed by atoms with Crippen molar-refractivity contribution in [3.8, 4) is 5.95 Å². The maximum Gasteiger partial charge on any atom is 0.490 e. The van der Waals surface area contributed by atoms with Crippen LogP contribution < -0.4 is 0 Å². The molecule has 0 spiro atoms. The van der Waals surface area contributed by atoms with Crippen molar-refractivity contribution in [3.05, 3.63) is 54.5 Å². The van der Waals surface area contributed by atoms with E-state index in [2.05, 4.69) is 63.9 Å². The summed E-state index contributed by atoms with van der Waals surface area (Å²) >= 11 is 0. The van der Waals surface area contributed by atoms with Crippen molar-refractivity contribution in [3.63, 3.8) is 0 Å². The molecule has 9 nitrogen and oxygen atoms in total. The van der Waals surface area contributed by atoms with E-state index in [1.54, 1.807) is 12.4 Å². The zero-order chi connectivity index (χ0) is 28.6. The molecule has 1 amide bonds. The van der Waals surface area contributed by atoms with Gasteiger partial charge in [-0.15, -0.1) is 0 Å². The van der Waals surface area contributed by atoms with E-state index in [0.29, 0.717) is 17.7 Å². The molecule has 4 heterocycles. The van der Waals surface area contributed by atoms with Crippen molar-refractivity contribution in [2.45, 2.75) is 44.4 Å². The summed E-state index contributed by atoms with van der Waals surface area (Å²) in [6.07, 6.45) is 2.96. The molecule has 0 bridgehead atoms. The molecule has 6 rings (SSSR count). The van der Waals surface area contributed by atoms with E-state index >= 15 is 0 Å². The predicted octanol–water partition coefficient (Wildman–Crippen LogP) is 4.58. The highest BCUT2D eigenvalue weighted by Crippen LogP contribution is 2.38. The Balaban J connectivity index is 0.000000411. The Labute approximate surface area is 228 Å². The van der Waals surface area contributed by atoms with Gasteiger partial charge in [-0.3, -0.25) is 9.36 Å². The van der Waals surface area contributed by atoms with Gasteiger partial charge in [0.2, 0.25) is 5.95 Å². The molecule has 1 aliphatic heterocycles. The van der Waals surface area contributed by atoms with Gasteiger partial charge in [0.25, 0.3) is 5.91 Å². The van der Waals surface area contributed by atoms with Gasteiger partial charge < -0.3 is 19.5 Å². The molecule has 212 valence electrons. The van der Waals surface area contributed by atoms with Crippen LogP contribution in [0.25, 0.3) is 27.9 Å². The number of carboxylic acids is 1. The number of aromatic nitrogens is 4. The van der Waals surface area contributed by atoms with Crippen LogP contribution in [-0.4, -0.2) is 85.3 Å². The molecule has 2 aliphatic rings. The lowest BCUT2D eigenvalue weighted by atomic mass is 10.0. The Kier molecular flexibility index (Phi) is 7.54. The molecule has 2 fully saturated rings. The number of piperidine rings is 1. The normalized spacial score (nSPS) is 16.4. The first-order valence-corrected chi connectivity index (χ1v) is 13.2. The minimum absolute atomic E-state index is 0.0675. The second-order valence-corrected chi connectivity index (χ2v) is 10.5. The van der Waals surface area contributed by atoms with Crippen LogP contribution in [0.2, 0.25) is 0 Å². The van der Waals surface area contributed by atoms with E-state index in [9.17, 15) is 18.0 Å². The minimum atomic E-state index is -5.08. The second-order valence-electron chi connectivity index (χ2n) is 10.5. The first-order valence-electron chi connectivity index (χ1n) is 13.2. The maximum absolute atomic E-state index is 13.8. The number of halogens is 3. The van der Waals surface area contributed by atoms with Gasteiger partial charge in [-0.1, -0.05) is 18.2 Å². The number of carboxylic acid groups (broad SMARTS) is 1. The highest BCUT2D eigenvalue weighted by Gasteiger charge is 2.38. The molecule has 0 unspecified atom stereocenters. The van der Waals surface area contributed by atoms with Crippen molar-refractivity contribution in [1.82, 2.24) is 28.9 Å². The van der Waals surface area contributed by atoms with Gasteiger partial charge in [-0.05, 0) is 63.9 Å². The van der Waals surface area contributed by atoms with Crippen LogP contribution in [0.3, 0.4) is 0 Å². The number of para-hydroxylation sites is 1. The van der Waals surface area contributed by atoms with Crippen molar-refractivity contribution >= 4 is 33.8 Å². The molecule has 0 atom stereocenters. The summed E-state index contributed by atoms with van der Waals surface area (Å²) in [5, 5.41) is 8.27. The number of rotatable bonds is 5. The number of fused-ring (bicyclic) bond motifs is 3. The zero-order valence-corrected chi connectivity index (χ0v) is 22.3. The second kappa shape index (κ2) is 10.9. The first-order chi connectivity index (χ1) is 19.1. The van der Waals surface area contributed by atoms with Gasteiger partial charge in [0.05, 0.1) is 16.6 Å². The fourth-order valence-corrected chi connectivity index (χ4v) is 5.28. The Hall–Kier alpha value is -3.93. The quantitative estimate of drug-likeness (QED) is 0.387. The lowest BCUT2D eigenvalue weighted by molar-refractivity contribution is -0.192. The lowest BCUT2D eigenvalue weighted by Gasteiger charge is -2.35. The summed E-state index contributed by atoms with van der Waals surface area (Å²) < 4.78 is 36.1. The molecule has 3 aromatic heterocycles. The van der Waals surface area contributed by atoms with E-state index < -0.39 is 12.1 Å². The molecule has 40 heavy (non-hydrogen) atoms. The Morgan fingerprint density at radius 2 is 1.62 bits per heavy atom. The molecular weight excluding hydrogens is 525 g/mol. The van der Waals surface area contributed by atoms with Crippen LogP contribution in [0.4, 0.5) is 13.2 Å². The molecule has 1 aliphatic carbocycles. The summed E-state index contributed by atoms with van der Waals surface area (Å²) in [6.45, 7) is 2.54. The SMILES string of the molecule is CN(C)C1CCN(C(=O)c2cc3c(c4ccccc4n3CC3CC3)n2-c2ncccn2)CC1.O=C(O)C(F)(F)F. The van der Waals surface area contributed by atoms with Crippen LogP contribution in [0.15, 0.2) is 48.8 Å². The van der Waals surface area contributed by atoms with Gasteiger partial charge in [0.15, 0.2) is 0 Å². The fraction of sp³-hybridized carbons (Fsp3) is 0.429. The van der Waals surface area contributed by atoms with Gasteiger partial charge in [-0.25, -0.2) is 14.8 Å². The van der Waals surface area contributed by atoms with Gasteiger partial charge in [0.1, 0.15) is 5.69 Å². The van der Waals surface area contributed by atoms with E-state index in [0.717, 1.165) is 54.8 Å². The molecule has 4 aromatic rings. The third kappa shape index (κ3) is 5.53. The van der Waals surface area contributed by atoms with E-state index in [1.807, 2.05) is 15.5 Å². The number of hydrogen-bond acceptors (Lipinski definition) is 5. The Morgan fingerprint density at radius 3 is 2.20 bits per heavy atom. The van der Waals surface area contributed by atoms with Crippen LogP contribution in [0.1, 0.15) is 36.2 Å². The predicted molar refractivity (Wildman–Crippen MR) is 143 cm³/mol. The number of hydrogen-bond donors (Lipinski definition) is 1. The number of carbonyl (C=O) groups excluding carboxylic acids is 1. The number of carbonyl (C=O) groups is 2. The average molecular weight is 557 g/mol. The Morgan fingerprint density at radius 1 is 1.00 bits per heavy atom. The molecule has 12 heteroatoms. The third-order valence-corrected chi connectivity index (χ3v) is 7.55. The largest absolute Gasteiger partial charge is 0.490 e. The molecule has 0 radical (unpaired) electrons. The number of benzene rings is 1. The third-order valence-electron chi connectivity index (χ3n) is 7.55. The highest BCUT2D eigenvalue weighted by atomic mass is 19.4. The van der Waals surface area contributed by atoms with Gasteiger partial charge >= 0.3 is 12.1 Å². The molecular formula is C28H31F3N6O3.